The van der Waals surface area contributed by atoms with Crippen molar-refractivity contribution in [1.29, 1.82) is 0 Å². The highest BCUT2D eigenvalue weighted by Gasteiger charge is 2.13. The Bertz CT molecular complexity index is 467. The third-order valence-corrected chi connectivity index (χ3v) is 6.16. The van der Waals surface area contributed by atoms with Gasteiger partial charge in [0, 0.05) is 0 Å². The van der Waals surface area contributed by atoms with Crippen LogP contribution < -0.4 is 0 Å². The lowest BCUT2D eigenvalue weighted by Crippen LogP contribution is -2.15. The van der Waals surface area contributed by atoms with Crippen molar-refractivity contribution in [2.45, 2.75) is 0 Å². The molecule has 9 heteroatoms. The topological polar surface area (TPSA) is 50.8 Å². The minimum Gasteiger partial charge on any atom is -0.454 e. The molecule has 130 valence electrons. The summed E-state index contributed by atoms with van der Waals surface area (Å²) in [5.41, 5.74) is 0. The van der Waals surface area contributed by atoms with Crippen molar-refractivity contribution in [3.8, 4) is 0 Å². The minimum atomic E-state index is -0.696. The summed E-state index contributed by atoms with van der Waals surface area (Å²) in [6.45, 7) is 0. The first-order chi connectivity index (χ1) is 10.7. The maximum absolute atomic E-state index is 5.75. The van der Waals surface area contributed by atoms with Gasteiger partial charge in [-0.15, -0.1) is 0 Å². The van der Waals surface area contributed by atoms with Crippen molar-refractivity contribution in [3.63, 3.8) is 0 Å². The van der Waals surface area contributed by atoms with Crippen LogP contribution in [-0.4, -0.2) is 87.5 Å². The van der Waals surface area contributed by atoms with Crippen molar-refractivity contribution in [3.05, 3.63) is 23.7 Å². The molecule has 0 atom stereocenters. The first-order valence-electron chi connectivity index (χ1n) is 7.19. The van der Waals surface area contributed by atoms with E-state index < -0.39 is 16.7 Å². The summed E-state index contributed by atoms with van der Waals surface area (Å²) in [5.74, 6) is 1.48. The van der Waals surface area contributed by atoms with E-state index in [0.29, 0.717) is 0 Å². The fourth-order valence-corrected chi connectivity index (χ4v) is 4.54. The van der Waals surface area contributed by atoms with Gasteiger partial charge in [-0.3, -0.25) is 18.7 Å². The molecule has 0 aliphatic carbocycles. The van der Waals surface area contributed by atoms with Crippen LogP contribution >= 0.6 is 16.7 Å². The lowest BCUT2D eigenvalue weighted by Gasteiger charge is -2.24. The van der Waals surface area contributed by atoms with Gasteiger partial charge in [-0.1, -0.05) is 0 Å². The summed E-state index contributed by atoms with van der Waals surface area (Å²) in [4.78, 5) is 0. The van der Waals surface area contributed by atoms with Gasteiger partial charge in [-0.25, -0.2) is 9.53 Å². The van der Waals surface area contributed by atoms with Crippen molar-refractivity contribution >= 4 is 29.2 Å². The number of hydrogen-bond acceptors (Lipinski definition) is 7. The molecule has 0 fully saturated rings. The zero-order chi connectivity index (χ0) is 17.6. The molecule has 0 saturated heterocycles. The highest BCUT2D eigenvalue weighted by atomic mass is 31.2. The molecule has 1 heterocycles. The Hall–Kier alpha value is -0.680. The van der Waals surface area contributed by atoms with Crippen LogP contribution in [0.4, 0.5) is 0 Å². The van der Waals surface area contributed by atoms with Gasteiger partial charge in [0.05, 0.1) is 12.4 Å². The van der Waals surface area contributed by atoms with Crippen LogP contribution in [-0.2, 0) is 0 Å². The van der Waals surface area contributed by atoms with E-state index in [-0.39, 0.29) is 0 Å². The monoisotopic (exact) mass is 358 g/mol. The Balaban J connectivity index is 2.78. The summed E-state index contributed by atoms with van der Waals surface area (Å²) >= 11 is 0. The van der Waals surface area contributed by atoms with E-state index in [4.69, 9.17) is 4.42 Å². The van der Waals surface area contributed by atoms with Gasteiger partial charge in [0.1, 0.15) is 11.5 Å². The normalized spacial score (nSPS) is 13.5. The first kappa shape index (κ1) is 20.4. The molecule has 0 aliphatic heterocycles. The molecule has 23 heavy (non-hydrogen) atoms. The molecule has 1 rings (SSSR count). The lowest BCUT2D eigenvalue weighted by molar-refractivity contribution is 0.551. The predicted molar refractivity (Wildman–Crippen MR) is 102 cm³/mol. The maximum atomic E-state index is 5.75. The largest absolute Gasteiger partial charge is 0.454 e. The van der Waals surface area contributed by atoms with Crippen molar-refractivity contribution in [1.82, 2.24) is 18.7 Å². The van der Waals surface area contributed by atoms with Gasteiger partial charge >= 0.3 is 0 Å². The zero-order valence-corrected chi connectivity index (χ0v) is 17.1. The Kier molecular flexibility index (Phi) is 8.48. The van der Waals surface area contributed by atoms with E-state index >= 15 is 0 Å². The van der Waals surface area contributed by atoms with Gasteiger partial charge in [0.25, 0.3) is 0 Å². The molecule has 1 aromatic rings. The third-order valence-electron chi connectivity index (χ3n) is 2.66. The highest BCUT2D eigenvalue weighted by Crippen LogP contribution is 2.41. The Labute approximate surface area is 142 Å². The van der Waals surface area contributed by atoms with Crippen molar-refractivity contribution in [2.75, 3.05) is 56.4 Å². The van der Waals surface area contributed by atoms with Crippen LogP contribution in [0.25, 0.3) is 0 Å². The number of nitrogens with zero attached hydrogens (tertiary/aromatic N) is 6. The number of rotatable bonds is 8. The van der Waals surface area contributed by atoms with Crippen LogP contribution in [0.15, 0.2) is 26.1 Å². The lowest BCUT2D eigenvalue weighted by atomic mass is 10.4. The third kappa shape index (κ3) is 6.76. The maximum Gasteiger partial charge on any atom is 0.168 e. The van der Waals surface area contributed by atoms with Gasteiger partial charge < -0.3 is 4.42 Å². The molecule has 0 unspecified atom stereocenters. The second-order valence-electron chi connectivity index (χ2n) is 5.65. The number of hydrogen-bond donors (Lipinski definition) is 0. The van der Waals surface area contributed by atoms with E-state index in [9.17, 15) is 0 Å². The molecule has 0 amide bonds. The Morgan fingerprint density at radius 2 is 1.00 bits per heavy atom. The standard InChI is InChI=1S/C14H28N6OP2/c1-17(2)22(18(3)4)15-11-13-9-10-14(21-13)12-16-23(19(5)6)20(7)8/h9-12H,1-8H3/b15-11+,16-12+. The summed E-state index contributed by atoms with van der Waals surface area (Å²) in [6, 6.07) is 3.83. The van der Waals surface area contributed by atoms with E-state index in [1.54, 1.807) is 12.4 Å². The summed E-state index contributed by atoms with van der Waals surface area (Å²) in [7, 11) is 14.8. The average Bonchev–Trinajstić information content (AvgIpc) is 2.85. The Morgan fingerprint density at radius 3 is 1.26 bits per heavy atom. The van der Waals surface area contributed by atoms with Crippen molar-refractivity contribution < 1.29 is 4.42 Å². The molecule has 0 radical (unpaired) electrons. The predicted octanol–water partition coefficient (Wildman–Crippen LogP) is 2.82. The minimum absolute atomic E-state index is 0.696. The van der Waals surface area contributed by atoms with E-state index in [2.05, 4.69) is 28.2 Å². The second-order valence-corrected chi connectivity index (χ2v) is 10.4. The van der Waals surface area contributed by atoms with Gasteiger partial charge in [0.15, 0.2) is 16.7 Å². The van der Waals surface area contributed by atoms with Crippen LogP contribution in [0.5, 0.6) is 0 Å². The van der Waals surface area contributed by atoms with E-state index in [1.807, 2.05) is 68.5 Å². The zero-order valence-electron chi connectivity index (χ0n) is 15.3. The molecular formula is C14H28N6OP2. The first-order valence-corrected chi connectivity index (χ1v) is 9.59. The molecule has 0 bridgehead atoms. The second kappa shape index (κ2) is 9.58. The summed E-state index contributed by atoms with van der Waals surface area (Å²) < 4.78 is 23.3. The smallest absolute Gasteiger partial charge is 0.168 e. The molecule has 0 aliphatic rings. The molecular weight excluding hydrogens is 330 g/mol. The van der Waals surface area contributed by atoms with Gasteiger partial charge in [0.2, 0.25) is 0 Å². The van der Waals surface area contributed by atoms with Gasteiger partial charge in [-0.2, -0.15) is 0 Å². The SMILES string of the molecule is CN(C)P(/N=C/c1ccc(/C=N/P(N(C)C)N(C)C)o1)N(C)C. The summed E-state index contributed by atoms with van der Waals surface area (Å²) in [6.07, 6.45) is 3.56. The average molecular weight is 358 g/mol. The van der Waals surface area contributed by atoms with Crippen LogP contribution in [0, 0.1) is 0 Å². The van der Waals surface area contributed by atoms with Crippen LogP contribution in [0.2, 0.25) is 0 Å². The van der Waals surface area contributed by atoms with Gasteiger partial charge in [-0.05, 0) is 68.5 Å². The van der Waals surface area contributed by atoms with E-state index in [0.717, 1.165) is 11.5 Å². The number of furan rings is 1. The molecule has 7 nitrogen and oxygen atoms in total. The van der Waals surface area contributed by atoms with Crippen molar-refractivity contribution in [2.24, 2.45) is 9.53 Å². The molecule has 0 saturated carbocycles. The highest BCUT2D eigenvalue weighted by molar-refractivity contribution is 7.51. The molecule has 0 N–H and O–H groups in total. The molecule has 0 spiro atoms. The van der Waals surface area contributed by atoms with Crippen LogP contribution in [0.1, 0.15) is 11.5 Å². The quantitative estimate of drug-likeness (QED) is 0.528. The fourth-order valence-electron chi connectivity index (χ4n) is 1.85. The van der Waals surface area contributed by atoms with E-state index in [1.165, 1.54) is 0 Å². The summed E-state index contributed by atoms with van der Waals surface area (Å²) in [5, 5.41) is 0. The molecule has 1 aromatic heterocycles. The molecule has 0 aromatic carbocycles. The van der Waals surface area contributed by atoms with Crippen LogP contribution in [0.3, 0.4) is 0 Å². The Morgan fingerprint density at radius 1 is 0.696 bits per heavy atom. The fraction of sp³-hybridized carbons (Fsp3) is 0.571.